The van der Waals surface area contributed by atoms with Crippen LogP contribution >= 0.6 is 0 Å². The Hall–Kier alpha value is -9.49. The number of aromatic nitrogens is 4. The van der Waals surface area contributed by atoms with Crippen molar-refractivity contribution < 1.29 is 52.3 Å². The maximum Gasteiger partial charge on any atom is 0.330 e. The summed E-state index contributed by atoms with van der Waals surface area (Å²) in [7, 11) is 8.45. The van der Waals surface area contributed by atoms with Gasteiger partial charge in [0.1, 0.15) is 34.3 Å². The quantitative estimate of drug-likeness (QED) is 0.0606. The van der Waals surface area contributed by atoms with Gasteiger partial charge in [-0.2, -0.15) is 0 Å². The highest BCUT2D eigenvalue weighted by molar-refractivity contribution is 6.05. The number of amides is 2. The molecular formula is C67H74F2N8O13. The van der Waals surface area contributed by atoms with E-state index < -0.39 is 58.2 Å². The molecule has 474 valence electrons. The van der Waals surface area contributed by atoms with Gasteiger partial charge in [0.05, 0.1) is 70.5 Å². The van der Waals surface area contributed by atoms with E-state index in [1.54, 1.807) is 36.4 Å². The van der Waals surface area contributed by atoms with Gasteiger partial charge in [-0.25, -0.2) is 18.4 Å². The molecule has 23 heteroatoms. The van der Waals surface area contributed by atoms with Gasteiger partial charge in [0.15, 0.2) is 6.29 Å². The predicted octanol–water partition coefficient (Wildman–Crippen LogP) is 6.87. The Kier molecular flexibility index (Phi) is 22.1. The number of hydrogen-bond acceptors (Lipinski definition) is 15. The number of benzene rings is 6. The third kappa shape index (κ3) is 14.3. The molecule has 0 radical (unpaired) electrons. The zero-order chi connectivity index (χ0) is 64.7. The first-order valence-electron chi connectivity index (χ1n) is 28.2. The van der Waals surface area contributed by atoms with Crippen LogP contribution in [0.3, 0.4) is 0 Å². The van der Waals surface area contributed by atoms with Crippen molar-refractivity contribution in [2.24, 2.45) is 33.9 Å². The first kappa shape index (κ1) is 68.0. The van der Waals surface area contributed by atoms with Crippen LogP contribution in [-0.4, -0.2) is 112 Å². The number of halogens is 2. The molecule has 0 unspecified atom stereocenters. The smallest absolute Gasteiger partial charge is 0.330 e. The Morgan fingerprint density at radius 3 is 1.41 bits per heavy atom. The molecule has 6 aromatic carbocycles. The van der Waals surface area contributed by atoms with E-state index in [0.717, 1.165) is 64.8 Å². The Labute approximate surface area is 517 Å². The van der Waals surface area contributed by atoms with Crippen LogP contribution in [0.2, 0.25) is 0 Å². The monoisotopic (exact) mass is 1240 g/mol. The molecular weight excluding hydrogens is 1160 g/mol. The highest BCUT2D eigenvalue weighted by Crippen LogP contribution is 2.40. The number of hydrogen-bond donors (Lipinski definition) is 6. The fraction of sp³-hybridized carbons (Fsp3) is 0.299. The lowest BCUT2D eigenvalue weighted by molar-refractivity contribution is 0.101. The number of methoxy groups -OCH3 is 2. The summed E-state index contributed by atoms with van der Waals surface area (Å²) in [6.45, 7) is 9.24. The fourth-order valence-corrected chi connectivity index (χ4v) is 10.6. The highest BCUT2D eigenvalue weighted by Gasteiger charge is 2.28. The first-order chi connectivity index (χ1) is 42.4. The topological polar surface area (TPSA) is 279 Å². The van der Waals surface area contributed by atoms with Gasteiger partial charge in [0.2, 0.25) is 0 Å². The summed E-state index contributed by atoms with van der Waals surface area (Å²) in [6.07, 6.45) is 1.80. The van der Waals surface area contributed by atoms with Gasteiger partial charge in [-0.1, -0.05) is 68.1 Å². The molecule has 2 aromatic heterocycles. The van der Waals surface area contributed by atoms with E-state index in [4.69, 9.17) is 29.8 Å². The van der Waals surface area contributed by atoms with Crippen LogP contribution in [0.4, 0.5) is 20.2 Å². The molecule has 8 aromatic rings. The van der Waals surface area contributed by atoms with Crippen molar-refractivity contribution >= 4 is 29.5 Å². The van der Waals surface area contributed by atoms with Gasteiger partial charge in [0.25, 0.3) is 22.9 Å². The van der Waals surface area contributed by atoms with Crippen LogP contribution in [0.25, 0.3) is 44.5 Å². The fourth-order valence-electron chi connectivity index (χ4n) is 10.6. The van der Waals surface area contributed by atoms with Crippen molar-refractivity contribution in [3.8, 4) is 56.0 Å². The van der Waals surface area contributed by atoms with E-state index in [1.807, 2.05) is 76.2 Å². The number of aryl methyl sites for hydroxylation is 2. The number of aliphatic hydroxyl groups is 2. The second-order valence-electron chi connectivity index (χ2n) is 21.6. The number of anilines is 2. The molecule has 0 aliphatic carbocycles. The van der Waals surface area contributed by atoms with Crippen molar-refractivity contribution in [3.05, 3.63) is 207 Å². The van der Waals surface area contributed by atoms with E-state index in [-0.39, 0.29) is 55.1 Å². The Bertz CT molecular complexity index is 4280. The van der Waals surface area contributed by atoms with Crippen molar-refractivity contribution in [3.63, 3.8) is 0 Å². The Morgan fingerprint density at radius 1 is 0.600 bits per heavy atom. The van der Waals surface area contributed by atoms with Crippen LogP contribution in [-0.2, 0) is 44.2 Å². The predicted molar refractivity (Wildman–Crippen MR) is 341 cm³/mol. The summed E-state index contributed by atoms with van der Waals surface area (Å²) in [5.41, 5.74) is 13.2. The number of nitrogens with two attached hydrogens (primary N) is 1. The maximum absolute atomic E-state index is 15.5. The molecule has 2 fully saturated rings. The van der Waals surface area contributed by atoms with E-state index in [9.17, 15) is 43.1 Å². The van der Waals surface area contributed by atoms with Gasteiger partial charge >= 0.3 is 11.4 Å². The van der Waals surface area contributed by atoms with Gasteiger partial charge in [-0.15, -0.1) is 0 Å². The summed E-state index contributed by atoms with van der Waals surface area (Å²) in [5, 5.41) is 27.5. The van der Waals surface area contributed by atoms with Gasteiger partial charge in [-0.05, 0) is 131 Å². The molecule has 0 bridgehead atoms. The van der Waals surface area contributed by atoms with E-state index in [0.29, 0.717) is 59.9 Å². The second-order valence-corrected chi connectivity index (χ2v) is 21.6. The number of rotatable bonds is 14. The molecule has 4 atom stereocenters. The molecule has 4 heterocycles. The number of carbonyl (C=O) groups excluding carboxylic acids is 3. The van der Waals surface area contributed by atoms with Crippen molar-refractivity contribution in [2.75, 3.05) is 51.3 Å². The molecule has 0 saturated carbocycles. The lowest BCUT2D eigenvalue weighted by atomic mass is 9.90. The molecule has 90 heavy (non-hydrogen) atoms. The van der Waals surface area contributed by atoms with Gasteiger partial charge in [0, 0.05) is 64.1 Å². The molecule has 2 saturated heterocycles. The van der Waals surface area contributed by atoms with Crippen molar-refractivity contribution in [1.29, 1.82) is 0 Å². The van der Waals surface area contributed by atoms with Gasteiger partial charge in [-0.3, -0.25) is 33.1 Å². The number of nitrogens with zero attached hydrogens (tertiary/aromatic N) is 4. The summed E-state index contributed by atoms with van der Waals surface area (Å²) in [6, 6.07) is 28.0. The largest absolute Gasteiger partial charge is 0.496 e. The lowest BCUT2D eigenvalue weighted by Crippen LogP contribution is -2.40. The molecule has 21 nitrogen and oxygen atoms in total. The molecule has 2 amide bonds. The zero-order valence-corrected chi connectivity index (χ0v) is 50.8. The number of ether oxygens (including phenoxy) is 4. The van der Waals surface area contributed by atoms with Crippen LogP contribution in [0.5, 0.6) is 11.5 Å². The molecule has 10 rings (SSSR count). The minimum absolute atomic E-state index is 0. The Balaban J connectivity index is 0.000000230. The van der Waals surface area contributed by atoms with Crippen LogP contribution in [0.15, 0.2) is 129 Å². The first-order valence-corrected chi connectivity index (χ1v) is 28.2. The van der Waals surface area contributed by atoms with Crippen molar-refractivity contribution in [2.45, 2.75) is 66.0 Å². The summed E-state index contributed by atoms with van der Waals surface area (Å²) < 4.78 is 55.1. The zero-order valence-electron chi connectivity index (χ0n) is 50.8. The summed E-state index contributed by atoms with van der Waals surface area (Å²) in [5.74, 6) is -1.84. The van der Waals surface area contributed by atoms with Crippen molar-refractivity contribution in [1.82, 2.24) is 23.6 Å². The summed E-state index contributed by atoms with van der Waals surface area (Å²) >= 11 is 0. The minimum Gasteiger partial charge on any atom is -0.496 e. The standard InChI is InChI=1S/C33H35FN4O6.C29H26FN3O5.C4H9NO2.CH4/c1-18-21(20-12-26(34)24(30(13-20)43-5)14-35-28-16-44-17-29(28)39)8-6-9-22(18)23-10-7-11-27(19(23)2)36-31(40)25-15-37(3)33(42)38(4)32(25)41;1-16-19(18-12-24(30)23(15-34)26(13-18)38-5)8-6-9-20(16)21-10-7-11-25(17(21)2)31-27(35)22-14-32(3)29(37)33(4)28(22)36;5-3-1-7-2-4(3)6;/h6-13,15,28-29,35,39H,14,16-17H2,1-5H3,(H,36,40);6-15H,1-5H3,(H,31,35);3-4,6H,1-2,5H2;1H4/t28-,29-;;3-,4-;/m1.1./s1. The molecule has 7 N–H and O–H groups in total. The summed E-state index contributed by atoms with van der Waals surface area (Å²) in [4.78, 5) is 86.5. The molecule has 2 aliphatic rings. The average molecular weight is 1240 g/mol. The SMILES string of the molecule is C.COc1cc(-c2cccc(-c3cccc(NC(=O)c4cn(C)c(=O)n(C)c4=O)c3C)c2C)cc(F)c1C=O.COc1cc(-c2cccc(-c3cccc(NC(=O)c4cn(C)c(=O)n(C)c4=O)c3C)c2C)cc(F)c1CN[C@@H]1COC[C@H]1O.N[C@@H]1COC[C@H]1O. The third-order valence-corrected chi connectivity index (χ3v) is 15.9. The normalized spacial score (nSPS) is 15.8. The van der Waals surface area contributed by atoms with E-state index in [2.05, 4.69) is 16.0 Å². The molecule has 2 aliphatic heterocycles. The van der Waals surface area contributed by atoms with Crippen LogP contribution in [0.1, 0.15) is 66.3 Å². The molecule has 0 spiro atoms. The number of carbonyl (C=O) groups is 3. The third-order valence-electron chi connectivity index (χ3n) is 15.9. The maximum atomic E-state index is 15.5. The van der Waals surface area contributed by atoms with Crippen LogP contribution in [0, 0.1) is 39.3 Å². The Morgan fingerprint density at radius 2 is 1.01 bits per heavy atom. The minimum atomic E-state index is -0.689. The van der Waals surface area contributed by atoms with Crippen LogP contribution < -0.4 is 53.7 Å². The lowest BCUT2D eigenvalue weighted by Gasteiger charge is -2.19. The highest BCUT2D eigenvalue weighted by atomic mass is 19.1. The number of aliphatic hydroxyl groups excluding tert-OH is 2. The second kappa shape index (κ2) is 29.2. The van der Waals surface area contributed by atoms with E-state index >= 15 is 4.39 Å². The number of nitrogens with one attached hydrogen (secondary N) is 3. The van der Waals surface area contributed by atoms with E-state index in [1.165, 1.54) is 76.1 Å². The van der Waals surface area contributed by atoms with Gasteiger partial charge < -0.3 is 60.0 Å². The number of aldehydes is 1. The average Bonchev–Trinajstić information content (AvgIpc) is 0.916.